The quantitative estimate of drug-likeness (QED) is 0.0787. The van der Waals surface area contributed by atoms with Gasteiger partial charge >= 0.3 is 0 Å². The zero-order valence-electron chi connectivity index (χ0n) is 27.0. The maximum absolute atomic E-state index is 14.1. The van der Waals surface area contributed by atoms with Gasteiger partial charge in [-0.3, -0.25) is 38.5 Å². The van der Waals surface area contributed by atoms with Crippen LogP contribution in [0, 0.1) is 5.92 Å². The highest BCUT2D eigenvalue weighted by Crippen LogP contribution is 2.24. The first-order chi connectivity index (χ1) is 22.6. The van der Waals surface area contributed by atoms with Gasteiger partial charge in [0.05, 0.1) is 31.5 Å². The van der Waals surface area contributed by atoms with Crippen LogP contribution in [0.25, 0.3) is 0 Å². The number of phenols is 1. The molecule has 1 aromatic rings. The van der Waals surface area contributed by atoms with Crippen LogP contribution >= 0.6 is 0 Å². The summed E-state index contributed by atoms with van der Waals surface area (Å²) in [4.78, 5) is 104. The molecule has 0 radical (unpaired) electrons. The lowest BCUT2D eigenvalue weighted by molar-refractivity contribution is -0.156. The number of nitrogens with zero attached hydrogens (tertiary/aromatic N) is 2. The SMILES string of the molecule is CC(C)[C@@H](C=O)N(C(=O)CCO)C(=O)[C@@H]1CCCN1C(=O)[C@H](Cc1ccc(O)cc1)NC(=O)[C@H](CC(N)=O)NC(=O)[C@@H](N)CCC(N)=O. The molecule has 0 spiro atoms. The first kappa shape index (κ1) is 39.3. The number of rotatable bonds is 18. The third kappa shape index (κ3) is 11.1. The second-order valence-corrected chi connectivity index (χ2v) is 11.9. The second kappa shape index (κ2) is 18.4. The average molecular weight is 676 g/mol. The van der Waals surface area contributed by atoms with Crippen molar-refractivity contribution >= 4 is 47.6 Å². The van der Waals surface area contributed by atoms with E-state index >= 15 is 0 Å². The lowest BCUT2D eigenvalue weighted by Gasteiger charge is -2.35. The maximum Gasteiger partial charge on any atom is 0.252 e. The van der Waals surface area contributed by atoms with Gasteiger partial charge in [0, 0.05) is 19.4 Å². The standard InChI is InChI=1S/C31H45N7O10/c1-17(2)24(16-40)38(27(44)11-13-39)31(48)23-4-3-12-37(23)30(47)22(14-18-5-7-19(41)8-6-18)36-29(46)21(15-26(34)43)35-28(45)20(32)9-10-25(33)42/h5-8,16-17,20-24,39,41H,3-4,9-15,32H2,1-2H3,(H2,33,42)(H2,34,43)(H,35,45)(H,36,46)/t20-,21-,22-,23-,24+/m0/s1. The molecule has 17 heteroatoms. The first-order valence-corrected chi connectivity index (χ1v) is 15.5. The highest BCUT2D eigenvalue weighted by atomic mass is 16.3. The number of phenolic OH excluding ortho intramolecular Hbond substituents is 1. The summed E-state index contributed by atoms with van der Waals surface area (Å²) in [6, 6.07) is -0.848. The smallest absolute Gasteiger partial charge is 0.252 e. The molecule has 0 aliphatic carbocycles. The van der Waals surface area contributed by atoms with E-state index in [0.29, 0.717) is 18.3 Å². The molecule has 264 valence electrons. The Balaban J connectivity index is 2.43. The van der Waals surface area contributed by atoms with Gasteiger partial charge in [-0.2, -0.15) is 0 Å². The van der Waals surface area contributed by atoms with Crippen LogP contribution < -0.4 is 27.8 Å². The zero-order chi connectivity index (χ0) is 36.1. The van der Waals surface area contributed by atoms with Gasteiger partial charge in [0.2, 0.25) is 35.4 Å². The fourth-order valence-electron chi connectivity index (χ4n) is 5.27. The molecule has 1 aromatic carbocycles. The molecule has 1 aliphatic rings. The molecule has 1 fully saturated rings. The number of aliphatic hydroxyl groups is 1. The van der Waals surface area contributed by atoms with Crippen LogP contribution in [0.5, 0.6) is 5.75 Å². The fraction of sp³-hybridized carbons (Fsp3) is 0.548. The second-order valence-electron chi connectivity index (χ2n) is 11.9. The Morgan fingerprint density at radius 1 is 0.979 bits per heavy atom. The van der Waals surface area contributed by atoms with Crippen molar-refractivity contribution in [3.05, 3.63) is 29.8 Å². The number of carbonyl (C=O) groups is 8. The minimum atomic E-state index is -1.58. The monoisotopic (exact) mass is 675 g/mol. The third-order valence-electron chi connectivity index (χ3n) is 7.84. The van der Waals surface area contributed by atoms with Crippen LogP contribution in [0.4, 0.5) is 0 Å². The third-order valence-corrected chi connectivity index (χ3v) is 7.84. The van der Waals surface area contributed by atoms with Crippen molar-refractivity contribution in [3.63, 3.8) is 0 Å². The number of likely N-dealkylation sites (tertiary alicyclic amines) is 1. The molecule has 5 atom stereocenters. The van der Waals surface area contributed by atoms with Crippen LogP contribution in [0.3, 0.4) is 0 Å². The molecule has 10 N–H and O–H groups in total. The van der Waals surface area contributed by atoms with Crippen molar-refractivity contribution in [1.82, 2.24) is 20.4 Å². The predicted molar refractivity (Wildman–Crippen MR) is 169 cm³/mol. The summed E-state index contributed by atoms with van der Waals surface area (Å²) >= 11 is 0. The first-order valence-electron chi connectivity index (χ1n) is 15.5. The molecule has 7 amide bonds. The van der Waals surface area contributed by atoms with Crippen LogP contribution in [0.15, 0.2) is 24.3 Å². The number of amides is 7. The summed E-state index contributed by atoms with van der Waals surface area (Å²) in [5.41, 5.74) is 16.7. The van der Waals surface area contributed by atoms with Crippen molar-refractivity contribution in [1.29, 1.82) is 0 Å². The molecule has 1 saturated heterocycles. The summed E-state index contributed by atoms with van der Waals surface area (Å²) in [5, 5.41) is 23.9. The molecule has 0 aromatic heterocycles. The molecule has 48 heavy (non-hydrogen) atoms. The number of nitrogens with two attached hydrogens (primary N) is 3. The lowest BCUT2D eigenvalue weighted by Crippen LogP contribution is -2.60. The number of carbonyl (C=O) groups excluding carboxylic acids is 8. The van der Waals surface area contributed by atoms with Crippen molar-refractivity contribution in [2.45, 2.75) is 89.0 Å². The van der Waals surface area contributed by atoms with Gasteiger partial charge in [0.1, 0.15) is 30.2 Å². The van der Waals surface area contributed by atoms with Gasteiger partial charge in [0.25, 0.3) is 5.91 Å². The number of hydrogen-bond donors (Lipinski definition) is 7. The Labute approximate surface area is 277 Å². The average Bonchev–Trinajstić information content (AvgIpc) is 3.51. The maximum atomic E-state index is 14.1. The van der Waals surface area contributed by atoms with Gasteiger partial charge in [0.15, 0.2) is 0 Å². The topological polar surface area (TPSA) is 286 Å². The van der Waals surface area contributed by atoms with Gasteiger partial charge in [-0.1, -0.05) is 26.0 Å². The summed E-state index contributed by atoms with van der Waals surface area (Å²) in [5.74, 6) is -6.41. The summed E-state index contributed by atoms with van der Waals surface area (Å²) in [7, 11) is 0. The van der Waals surface area contributed by atoms with E-state index in [1.165, 1.54) is 29.2 Å². The van der Waals surface area contributed by atoms with E-state index in [0.717, 1.165) is 4.90 Å². The molecule has 0 unspecified atom stereocenters. The number of aliphatic hydroxyl groups excluding tert-OH is 1. The van der Waals surface area contributed by atoms with E-state index < -0.39 is 96.9 Å². The minimum Gasteiger partial charge on any atom is -0.508 e. The fourth-order valence-corrected chi connectivity index (χ4v) is 5.27. The molecule has 1 heterocycles. The normalized spacial score (nSPS) is 16.7. The van der Waals surface area contributed by atoms with E-state index in [2.05, 4.69) is 10.6 Å². The molecular weight excluding hydrogens is 630 g/mol. The lowest BCUT2D eigenvalue weighted by atomic mass is 10.0. The Bertz CT molecular complexity index is 1350. The zero-order valence-corrected chi connectivity index (χ0v) is 27.0. The van der Waals surface area contributed by atoms with Crippen molar-refractivity contribution < 1.29 is 48.6 Å². The largest absolute Gasteiger partial charge is 0.508 e. The molecular formula is C31H45N7O10. The Kier molecular flexibility index (Phi) is 15.1. The van der Waals surface area contributed by atoms with Crippen LogP contribution in [0.2, 0.25) is 0 Å². The highest BCUT2D eigenvalue weighted by molar-refractivity contribution is 6.02. The molecule has 2 rings (SSSR count). The number of primary amides is 2. The van der Waals surface area contributed by atoms with Gasteiger partial charge < -0.3 is 47.7 Å². The van der Waals surface area contributed by atoms with Crippen LogP contribution in [0.1, 0.15) is 57.9 Å². The van der Waals surface area contributed by atoms with Crippen LogP contribution in [-0.4, -0.2) is 111 Å². The van der Waals surface area contributed by atoms with E-state index in [9.17, 15) is 48.6 Å². The Hall–Kier alpha value is -4.90. The van der Waals surface area contributed by atoms with Gasteiger partial charge in [-0.05, 0) is 42.9 Å². The number of imide groups is 1. The number of benzene rings is 1. The van der Waals surface area contributed by atoms with Crippen LogP contribution in [-0.2, 0) is 44.8 Å². The summed E-state index contributed by atoms with van der Waals surface area (Å²) in [6.45, 7) is 2.76. The predicted octanol–water partition coefficient (Wildman–Crippen LogP) is -2.68. The van der Waals surface area contributed by atoms with E-state index in [4.69, 9.17) is 17.2 Å². The minimum absolute atomic E-state index is 0.0584. The highest BCUT2D eigenvalue weighted by Gasteiger charge is 2.43. The van der Waals surface area contributed by atoms with E-state index in [1.54, 1.807) is 13.8 Å². The van der Waals surface area contributed by atoms with Gasteiger partial charge in [-0.15, -0.1) is 0 Å². The van der Waals surface area contributed by atoms with E-state index in [1.807, 2.05) is 0 Å². The van der Waals surface area contributed by atoms with Gasteiger partial charge in [-0.25, -0.2) is 0 Å². The van der Waals surface area contributed by atoms with Crippen molar-refractivity contribution in [2.24, 2.45) is 23.1 Å². The molecule has 17 nitrogen and oxygen atoms in total. The number of aldehydes is 1. The number of hydrogen-bond acceptors (Lipinski definition) is 11. The molecule has 0 saturated carbocycles. The van der Waals surface area contributed by atoms with Crippen molar-refractivity contribution in [2.75, 3.05) is 13.2 Å². The molecule has 0 bridgehead atoms. The van der Waals surface area contributed by atoms with Crippen molar-refractivity contribution in [3.8, 4) is 5.75 Å². The number of nitrogens with one attached hydrogen (secondary N) is 2. The summed E-state index contributed by atoms with van der Waals surface area (Å²) in [6.07, 6.45) is -0.668. The Morgan fingerprint density at radius 2 is 1.60 bits per heavy atom. The summed E-state index contributed by atoms with van der Waals surface area (Å²) < 4.78 is 0. The molecule has 1 aliphatic heterocycles. The van der Waals surface area contributed by atoms with E-state index in [-0.39, 0.29) is 38.0 Å². The Morgan fingerprint density at radius 3 is 2.15 bits per heavy atom. The number of aromatic hydroxyl groups is 1.